The van der Waals surface area contributed by atoms with Crippen LogP contribution in [0.25, 0.3) is 0 Å². The van der Waals surface area contributed by atoms with Gasteiger partial charge in [-0.2, -0.15) is 0 Å². The van der Waals surface area contributed by atoms with Gasteiger partial charge in [0.15, 0.2) is 0 Å². The van der Waals surface area contributed by atoms with Crippen molar-refractivity contribution < 1.29 is 0 Å². The molecule has 1 N–H and O–H groups in total. The van der Waals surface area contributed by atoms with Crippen molar-refractivity contribution in [3.63, 3.8) is 0 Å². The summed E-state index contributed by atoms with van der Waals surface area (Å²) in [5.74, 6) is 1.94. The monoisotopic (exact) mass is 253 g/mol. The minimum atomic E-state index is 0.814. The van der Waals surface area contributed by atoms with Crippen molar-refractivity contribution in [2.45, 2.75) is 91.0 Å². The second-order valence-corrected chi connectivity index (χ2v) is 6.26. The van der Waals surface area contributed by atoms with Gasteiger partial charge in [0.2, 0.25) is 0 Å². The summed E-state index contributed by atoms with van der Waals surface area (Å²) in [6, 6.07) is 0.814. The maximum Gasteiger partial charge on any atom is 0.00979 e. The summed E-state index contributed by atoms with van der Waals surface area (Å²) in [4.78, 5) is 0. The van der Waals surface area contributed by atoms with E-state index in [-0.39, 0.29) is 0 Å². The molecule has 1 heteroatoms. The Balaban J connectivity index is 2.41. The molecule has 0 aromatic heterocycles. The minimum absolute atomic E-state index is 0.814. The molecule has 0 aromatic rings. The molecule has 0 aliphatic heterocycles. The lowest BCUT2D eigenvalue weighted by atomic mass is 9.85. The molecule has 2 atom stereocenters. The molecule has 0 amide bonds. The summed E-state index contributed by atoms with van der Waals surface area (Å²) in [6.07, 6.45) is 14.2. The summed E-state index contributed by atoms with van der Waals surface area (Å²) in [7, 11) is 0. The third kappa shape index (κ3) is 5.73. The first-order chi connectivity index (χ1) is 8.81. The Morgan fingerprint density at radius 3 is 2.33 bits per heavy atom. The van der Waals surface area contributed by atoms with Crippen LogP contribution in [0.15, 0.2) is 0 Å². The number of rotatable bonds is 10. The molecule has 1 aliphatic rings. The van der Waals surface area contributed by atoms with Gasteiger partial charge in [-0.25, -0.2) is 0 Å². The average molecular weight is 253 g/mol. The van der Waals surface area contributed by atoms with Crippen molar-refractivity contribution in [1.29, 1.82) is 0 Å². The van der Waals surface area contributed by atoms with E-state index in [1.54, 1.807) is 0 Å². The van der Waals surface area contributed by atoms with Crippen LogP contribution in [0.3, 0.4) is 0 Å². The highest BCUT2D eigenvalue weighted by Gasteiger charge is 2.26. The molecule has 0 aromatic carbocycles. The Morgan fingerprint density at radius 1 is 1.06 bits per heavy atom. The Bertz CT molecular complexity index is 184. The summed E-state index contributed by atoms with van der Waals surface area (Å²) >= 11 is 0. The van der Waals surface area contributed by atoms with E-state index in [1.165, 1.54) is 70.8 Å². The number of hydrogen-bond donors (Lipinski definition) is 1. The second-order valence-electron chi connectivity index (χ2n) is 6.26. The largest absolute Gasteiger partial charge is 0.314 e. The molecule has 18 heavy (non-hydrogen) atoms. The van der Waals surface area contributed by atoms with Crippen molar-refractivity contribution >= 4 is 0 Å². The first kappa shape index (κ1) is 16.0. The first-order valence-electron chi connectivity index (χ1n) is 8.55. The van der Waals surface area contributed by atoms with Crippen LogP contribution in [0.1, 0.15) is 85.0 Å². The van der Waals surface area contributed by atoms with Gasteiger partial charge in [-0.3, -0.25) is 0 Å². The fourth-order valence-electron chi connectivity index (χ4n) is 3.47. The molecule has 1 saturated carbocycles. The van der Waals surface area contributed by atoms with Gasteiger partial charge in [-0.1, -0.05) is 59.3 Å². The van der Waals surface area contributed by atoms with Crippen LogP contribution >= 0.6 is 0 Å². The number of nitrogens with one attached hydrogen (secondary N) is 1. The molecule has 0 spiro atoms. The van der Waals surface area contributed by atoms with Crippen LogP contribution in [0, 0.1) is 11.8 Å². The standard InChI is InChI=1S/C17H35N/c1-4-7-10-15(6-3)14-17(18-13-5-2)16-11-8-9-12-16/h15-18H,4-14H2,1-3H3. The number of hydrogen-bond acceptors (Lipinski definition) is 1. The van der Waals surface area contributed by atoms with Gasteiger partial charge in [0.25, 0.3) is 0 Å². The smallest absolute Gasteiger partial charge is 0.00979 e. The van der Waals surface area contributed by atoms with Crippen molar-refractivity contribution in [3.8, 4) is 0 Å². The average Bonchev–Trinajstić information content (AvgIpc) is 2.92. The molecular weight excluding hydrogens is 218 g/mol. The lowest BCUT2D eigenvalue weighted by molar-refractivity contribution is 0.277. The van der Waals surface area contributed by atoms with Crippen LogP contribution in [-0.4, -0.2) is 12.6 Å². The first-order valence-corrected chi connectivity index (χ1v) is 8.55. The van der Waals surface area contributed by atoms with E-state index in [0.29, 0.717) is 0 Å². The minimum Gasteiger partial charge on any atom is -0.314 e. The SMILES string of the molecule is CCCCC(CC)CC(NCCC)C1CCCC1. The van der Waals surface area contributed by atoms with Gasteiger partial charge in [0.05, 0.1) is 0 Å². The topological polar surface area (TPSA) is 12.0 Å². The van der Waals surface area contributed by atoms with Crippen molar-refractivity contribution in [2.75, 3.05) is 6.54 Å². The van der Waals surface area contributed by atoms with Gasteiger partial charge >= 0.3 is 0 Å². The molecule has 0 radical (unpaired) electrons. The van der Waals surface area contributed by atoms with Gasteiger partial charge in [-0.15, -0.1) is 0 Å². The zero-order valence-electron chi connectivity index (χ0n) is 13.0. The Labute approximate surface area is 115 Å². The molecule has 108 valence electrons. The predicted molar refractivity (Wildman–Crippen MR) is 82.0 cm³/mol. The molecule has 0 heterocycles. The van der Waals surface area contributed by atoms with E-state index in [9.17, 15) is 0 Å². The molecule has 2 unspecified atom stereocenters. The van der Waals surface area contributed by atoms with Gasteiger partial charge in [-0.05, 0) is 44.1 Å². The molecule has 0 bridgehead atoms. The van der Waals surface area contributed by atoms with Crippen molar-refractivity contribution in [3.05, 3.63) is 0 Å². The summed E-state index contributed by atoms with van der Waals surface area (Å²) in [6.45, 7) is 8.20. The normalized spacial score (nSPS) is 20.2. The summed E-state index contributed by atoms with van der Waals surface area (Å²) in [5.41, 5.74) is 0. The van der Waals surface area contributed by atoms with Crippen LogP contribution in [0.4, 0.5) is 0 Å². The molecule has 1 nitrogen and oxygen atoms in total. The quantitative estimate of drug-likeness (QED) is 0.567. The van der Waals surface area contributed by atoms with Crippen molar-refractivity contribution in [1.82, 2.24) is 5.32 Å². The fraction of sp³-hybridized carbons (Fsp3) is 1.00. The van der Waals surface area contributed by atoms with Gasteiger partial charge in [0.1, 0.15) is 0 Å². The highest BCUT2D eigenvalue weighted by molar-refractivity contribution is 4.82. The van der Waals surface area contributed by atoms with Crippen molar-refractivity contribution in [2.24, 2.45) is 11.8 Å². The van der Waals surface area contributed by atoms with Gasteiger partial charge in [0, 0.05) is 6.04 Å². The van der Waals surface area contributed by atoms with Crippen LogP contribution in [0.2, 0.25) is 0 Å². The maximum absolute atomic E-state index is 3.85. The van der Waals surface area contributed by atoms with Crippen LogP contribution in [0.5, 0.6) is 0 Å². The highest BCUT2D eigenvalue weighted by Crippen LogP contribution is 2.32. The molecular formula is C17H35N. The van der Waals surface area contributed by atoms with E-state index in [0.717, 1.165) is 17.9 Å². The highest BCUT2D eigenvalue weighted by atomic mass is 14.9. The molecule has 0 saturated heterocycles. The van der Waals surface area contributed by atoms with E-state index in [2.05, 4.69) is 26.1 Å². The van der Waals surface area contributed by atoms with E-state index in [4.69, 9.17) is 0 Å². The Kier molecular flexibility index (Phi) is 8.75. The third-order valence-corrected chi connectivity index (χ3v) is 4.76. The van der Waals surface area contributed by atoms with E-state index >= 15 is 0 Å². The summed E-state index contributed by atoms with van der Waals surface area (Å²) in [5, 5.41) is 3.85. The Morgan fingerprint density at radius 2 is 1.78 bits per heavy atom. The molecule has 1 rings (SSSR count). The predicted octanol–water partition coefficient (Wildman–Crippen LogP) is 5.15. The molecule has 1 aliphatic carbocycles. The lowest BCUT2D eigenvalue weighted by Gasteiger charge is -2.28. The zero-order chi connectivity index (χ0) is 13.2. The van der Waals surface area contributed by atoms with E-state index in [1.807, 2.05) is 0 Å². The fourth-order valence-corrected chi connectivity index (χ4v) is 3.47. The Hall–Kier alpha value is -0.0400. The maximum atomic E-state index is 3.85. The van der Waals surface area contributed by atoms with Crippen LogP contribution in [-0.2, 0) is 0 Å². The number of unbranched alkanes of at least 4 members (excludes halogenated alkanes) is 1. The second kappa shape index (κ2) is 9.83. The molecule has 1 fully saturated rings. The zero-order valence-corrected chi connectivity index (χ0v) is 13.0. The van der Waals surface area contributed by atoms with Gasteiger partial charge < -0.3 is 5.32 Å². The van der Waals surface area contributed by atoms with Crippen LogP contribution < -0.4 is 5.32 Å². The third-order valence-electron chi connectivity index (χ3n) is 4.76. The lowest BCUT2D eigenvalue weighted by Crippen LogP contribution is -2.37. The van der Waals surface area contributed by atoms with E-state index < -0.39 is 0 Å². The summed E-state index contributed by atoms with van der Waals surface area (Å²) < 4.78 is 0.